The third-order valence-electron chi connectivity index (χ3n) is 3.50. The molecule has 1 aromatic heterocycles. The molecule has 6 nitrogen and oxygen atoms in total. The summed E-state index contributed by atoms with van der Waals surface area (Å²) in [5.74, 6) is -0.668. The molecule has 0 aliphatic carbocycles. The number of hydrogen-bond acceptors (Lipinski definition) is 4. The highest BCUT2D eigenvalue weighted by Crippen LogP contribution is 2.15. The highest BCUT2D eigenvalue weighted by molar-refractivity contribution is 6.04. The number of piperidine rings is 1. The second kappa shape index (κ2) is 5.99. The molecule has 0 spiro atoms. The fraction of sp³-hybridized carbons (Fsp3) is 0.538. The first-order valence-corrected chi connectivity index (χ1v) is 6.53. The maximum Gasteiger partial charge on any atom is 0.274 e. The Hall–Kier alpha value is -1.66. The van der Waals surface area contributed by atoms with Gasteiger partial charge in [-0.25, -0.2) is 0 Å². The van der Waals surface area contributed by atoms with E-state index in [2.05, 4.69) is 22.1 Å². The van der Waals surface area contributed by atoms with E-state index in [0.29, 0.717) is 5.69 Å². The topological polar surface area (TPSA) is 91.2 Å². The van der Waals surface area contributed by atoms with Gasteiger partial charge in [0.2, 0.25) is 5.91 Å². The first-order chi connectivity index (χ1) is 9.06. The summed E-state index contributed by atoms with van der Waals surface area (Å²) in [4.78, 5) is 28.3. The number of rotatable bonds is 3. The van der Waals surface area contributed by atoms with Gasteiger partial charge in [-0.1, -0.05) is 0 Å². The Morgan fingerprint density at radius 2 is 2.37 bits per heavy atom. The number of carbonyl (C=O) groups is 2. The molecule has 0 radical (unpaired) electrons. The van der Waals surface area contributed by atoms with Crippen LogP contribution in [0.5, 0.6) is 0 Å². The fourth-order valence-corrected chi connectivity index (χ4v) is 2.38. The van der Waals surface area contributed by atoms with Crippen molar-refractivity contribution in [1.82, 2.24) is 15.2 Å². The van der Waals surface area contributed by atoms with Crippen molar-refractivity contribution in [3.8, 4) is 0 Å². The second-order valence-corrected chi connectivity index (χ2v) is 5.07. The zero-order valence-electron chi connectivity index (χ0n) is 11.1. The predicted octanol–water partition coefficient (Wildman–Crippen LogP) is 0.0827. The number of likely N-dealkylation sites (tertiary alicyclic amines) is 1. The zero-order valence-corrected chi connectivity index (χ0v) is 11.1. The molecule has 104 valence electrons. The zero-order chi connectivity index (χ0) is 13.8. The van der Waals surface area contributed by atoms with Gasteiger partial charge in [0, 0.05) is 24.8 Å². The summed E-state index contributed by atoms with van der Waals surface area (Å²) < 4.78 is 0. The summed E-state index contributed by atoms with van der Waals surface area (Å²) in [6.45, 7) is 3.09. The number of aromatic amines is 1. The fourth-order valence-electron chi connectivity index (χ4n) is 2.38. The highest BCUT2D eigenvalue weighted by Gasteiger charge is 2.25. The lowest BCUT2D eigenvalue weighted by Crippen LogP contribution is -2.49. The lowest BCUT2D eigenvalue weighted by Gasteiger charge is -2.35. The summed E-state index contributed by atoms with van der Waals surface area (Å²) in [6, 6.07) is 3.84. The van der Waals surface area contributed by atoms with Crippen molar-refractivity contribution in [3.63, 3.8) is 0 Å². The molecule has 1 aromatic rings. The van der Waals surface area contributed by atoms with Crippen molar-refractivity contribution in [3.05, 3.63) is 24.0 Å². The molecule has 2 heterocycles. The second-order valence-electron chi connectivity index (χ2n) is 5.07. The summed E-state index contributed by atoms with van der Waals surface area (Å²) >= 11 is 0. The van der Waals surface area contributed by atoms with E-state index < -0.39 is 5.91 Å². The third kappa shape index (κ3) is 3.65. The van der Waals surface area contributed by atoms with E-state index in [1.807, 2.05) is 0 Å². The average molecular weight is 264 g/mol. The van der Waals surface area contributed by atoms with Crippen molar-refractivity contribution < 1.29 is 9.59 Å². The minimum absolute atomic E-state index is 0.217. The van der Waals surface area contributed by atoms with Crippen LogP contribution in [0.3, 0.4) is 0 Å². The predicted molar refractivity (Wildman–Crippen MR) is 71.5 cm³/mol. The molecule has 2 atom stereocenters. The van der Waals surface area contributed by atoms with Gasteiger partial charge in [-0.05, 0) is 31.9 Å². The van der Waals surface area contributed by atoms with E-state index in [1.165, 1.54) is 0 Å². The first-order valence-electron chi connectivity index (χ1n) is 6.53. The molecule has 1 aliphatic heterocycles. The van der Waals surface area contributed by atoms with E-state index in [-0.39, 0.29) is 24.5 Å². The molecule has 4 N–H and O–H groups in total. The van der Waals surface area contributed by atoms with Gasteiger partial charge in [-0.15, -0.1) is 0 Å². The first kappa shape index (κ1) is 13.8. The number of nitrogens with one attached hydrogen (secondary N) is 2. The number of amides is 2. The van der Waals surface area contributed by atoms with Gasteiger partial charge >= 0.3 is 0 Å². The monoisotopic (exact) mass is 264 g/mol. The minimum Gasteiger partial charge on any atom is -0.357 e. The maximum atomic E-state index is 11.8. The number of aromatic nitrogens is 1. The number of H-pyrrole nitrogens is 1. The van der Waals surface area contributed by atoms with Crippen LogP contribution in [0.15, 0.2) is 18.3 Å². The lowest BCUT2D eigenvalue weighted by atomic mass is 9.99. The van der Waals surface area contributed by atoms with Crippen molar-refractivity contribution in [2.45, 2.75) is 31.8 Å². The molecule has 2 unspecified atom stereocenters. The van der Waals surface area contributed by atoms with Crippen LogP contribution < -0.4 is 11.1 Å². The maximum absolute atomic E-state index is 11.8. The quantitative estimate of drug-likeness (QED) is 0.721. The average Bonchev–Trinajstić information content (AvgIpc) is 2.86. The highest BCUT2D eigenvalue weighted by atomic mass is 16.2. The van der Waals surface area contributed by atoms with Crippen LogP contribution in [0.1, 0.15) is 30.3 Å². The lowest BCUT2D eigenvalue weighted by molar-refractivity contribution is -0.122. The summed E-state index contributed by atoms with van der Waals surface area (Å²) in [5, 5.41) is 2.38. The number of nitrogens with zero attached hydrogens (tertiary/aromatic N) is 1. The van der Waals surface area contributed by atoms with E-state index in [4.69, 9.17) is 5.73 Å². The molecular formula is C13H20N4O2. The normalized spacial score (nSPS) is 24.1. The molecule has 6 heteroatoms. The van der Waals surface area contributed by atoms with Gasteiger partial charge in [-0.2, -0.15) is 0 Å². The molecule has 0 aromatic carbocycles. The van der Waals surface area contributed by atoms with Crippen molar-refractivity contribution in [2.75, 3.05) is 13.1 Å². The molecule has 0 bridgehead atoms. The molecule has 1 fully saturated rings. The molecule has 1 saturated heterocycles. The summed E-state index contributed by atoms with van der Waals surface area (Å²) in [5.41, 5.74) is 6.27. The SMILES string of the molecule is CC1CC(N)CCN1CC(=O)NC(=O)c1ccc[nH]1. The molecule has 2 rings (SSSR count). The third-order valence-corrected chi connectivity index (χ3v) is 3.50. The largest absolute Gasteiger partial charge is 0.357 e. The summed E-state index contributed by atoms with van der Waals surface area (Å²) in [7, 11) is 0. The Morgan fingerprint density at radius 3 is 3.00 bits per heavy atom. The molecule has 0 saturated carbocycles. The van der Waals surface area contributed by atoms with Crippen LogP contribution >= 0.6 is 0 Å². The standard InChI is InChI=1S/C13H20N4O2/c1-9-7-10(14)4-6-17(9)8-12(18)16-13(19)11-3-2-5-15-11/h2-3,5,9-10,15H,4,6-8,14H2,1H3,(H,16,18,19). The minimum atomic E-state index is -0.392. The Morgan fingerprint density at radius 1 is 1.58 bits per heavy atom. The summed E-state index contributed by atoms with van der Waals surface area (Å²) in [6.07, 6.45) is 3.42. The van der Waals surface area contributed by atoms with Crippen molar-refractivity contribution in [2.24, 2.45) is 5.73 Å². The molecule has 19 heavy (non-hydrogen) atoms. The van der Waals surface area contributed by atoms with E-state index in [1.54, 1.807) is 18.3 Å². The molecule has 2 amide bonds. The van der Waals surface area contributed by atoms with Crippen molar-refractivity contribution in [1.29, 1.82) is 0 Å². The Bertz CT molecular complexity index is 444. The number of carbonyl (C=O) groups excluding carboxylic acids is 2. The van der Waals surface area contributed by atoms with Gasteiger partial charge in [0.15, 0.2) is 0 Å². The van der Waals surface area contributed by atoms with Crippen LogP contribution in [-0.2, 0) is 4.79 Å². The van der Waals surface area contributed by atoms with E-state index >= 15 is 0 Å². The van der Waals surface area contributed by atoms with Gasteiger partial charge in [0.1, 0.15) is 5.69 Å². The smallest absolute Gasteiger partial charge is 0.274 e. The van der Waals surface area contributed by atoms with Gasteiger partial charge < -0.3 is 10.7 Å². The number of nitrogens with two attached hydrogens (primary N) is 1. The van der Waals surface area contributed by atoms with Crippen LogP contribution in [0.4, 0.5) is 0 Å². The number of hydrogen-bond donors (Lipinski definition) is 3. The van der Waals surface area contributed by atoms with Crippen LogP contribution in [0, 0.1) is 0 Å². The Labute approximate surface area is 112 Å². The van der Waals surface area contributed by atoms with Gasteiger partial charge in [0.25, 0.3) is 5.91 Å². The van der Waals surface area contributed by atoms with E-state index in [9.17, 15) is 9.59 Å². The molecular weight excluding hydrogens is 244 g/mol. The Balaban J connectivity index is 1.83. The van der Waals surface area contributed by atoms with Gasteiger partial charge in [-0.3, -0.25) is 19.8 Å². The van der Waals surface area contributed by atoms with Crippen LogP contribution in [-0.4, -0.2) is 46.9 Å². The molecule has 1 aliphatic rings. The number of imide groups is 1. The van der Waals surface area contributed by atoms with Crippen LogP contribution in [0.2, 0.25) is 0 Å². The van der Waals surface area contributed by atoms with Crippen LogP contribution in [0.25, 0.3) is 0 Å². The van der Waals surface area contributed by atoms with Crippen molar-refractivity contribution >= 4 is 11.8 Å². The van der Waals surface area contributed by atoms with Gasteiger partial charge in [0.05, 0.1) is 6.54 Å². The Kier molecular flexibility index (Phi) is 4.34. The van der Waals surface area contributed by atoms with E-state index in [0.717, 1.165) is 19.4 Å².